The van der Waals surface area contributed by atoms with Gasteiger partial charge in [0, 0.05) is 25.5 Å². The van der Waals surface area contributed by atoms with Gasteiger partial charge in [-0.1, -0.05) is 0 Å². The maximum absolute atomic E-state index is 10.1. The van der Waals surface area contributed by atoms with Crippen LogP contribution < -0.4 is 0 Å². The standard InChI is InChI=1S/C13H20N2O2/c1-11-10-15(8-9-17-11)13(16)3-2-12-4-6-14-7-5-12/h4-7,11,13,16H,2-3,8-10H2,1H3. The highest BCUT2D eigenvalue weighted by Crippen LogP contribution is 2.12. The first-order valence-electron chi connectivity index (χ1n) is 6.18. The minimum absolute atomic E-state index is 0.222. The third kappa shape index (κ3) is 3.77. The number of hydrogen-bond acceptors (Lipinski definition) is 4. The Hall–Kier alpha value is -0.970. The topological polar surface area (TPSA) is 45.6 Å². The summed E-state index contributed by atoms with van der Waals surface area (Å²) in [5.41, 5.74) is 1.22. The second-order valence-electron chi connectivity index (χ2n) is 4.55. The van der Waals surface area contributed by atoms with Crippen molar-refractivity contribution < 1.29 is 9.84 Å². The lowest BCUT2D eigenvalue weighted by Gasteiger charge is -2.34. The van der Waals surface area contributed by atoms with Gasteiger partial charge in [0.1, 0.15) is 6.23 Å². The number of aromatic nitrogens is 1. The van der Waals surface area contributed by atoms with Gasteiger partial charge in [-0.15, -0.1) is 0 Å². The smallest absolute Gasteiger partial charge is 0.107 e. The first kappa shape index (κ1) is 12.5. The summed E-state index contributed by atoms with van der Waals surface area (Å²) >= 11 is 0. The highest BCUT2D eigenvalue weighted by molar-refractivity contribution is 5.09. The summed E-state index contributed by atoms with van der Waals surface area (Å²) in [5, 5.41) is 10.1. The molecule has 2 heterocycles. The van der Waals surface area contributed by atoms with E-state index >= 15 is 0 Å². The van der Waals surface area contributed by atoms with Crippen LogP contribution in [0.5, 0.6) is 0 Å². The maximum atomic E-state index is 10.1. The Balaban J connectivity index is 1.79. The molecule has 4 heteroatoms. The molecule has 2 rings (SSSR count). The molecular weight excluding hydrogens is 216 g/mol. The van der Waals surface area contributed by atoms with Gasteiger partial charge in [0.2, 0.25) is 0 Å². The summed E-state index contributed by atoms with van der Waals surface area (Å²) in [4.78, 5) is 6.08. The number of morpholine rings is 1. The van der Waals surface area contributed by atoms with Crippen LogP contribution in [0.3, 0.4) is 0 Å². The minimum Gasteiger partial charge on any atom is -0.378 e. The van der Waals surface area contributed by atoms with E-state index in [0.717, 1.165) is 25.9 Å². The number of pyridine rings is 1. The van der Waals surface area contributed by atoms with Gasteiger partial charge in [-0.3, -0.25) is 9.88 Å². The lowest BCUT2D eigenvalue weighted by Crippen LogP contribution is -2.46. The predicted molar refractivity (Wildman–Crippen MR) is 65.6 cm³/mol. The summed E-state index contributed by atoms with van der Waals surface area (Å²) < 4.78 is 5.46. The third-order valence-electron chi connectivity index (χ3n) is 3.13. The van der Waals surface area contributed by atoms with Crippen LogP contribution >= 0.6 is 0 Å². The number of nitrogens with zero attached hydrogens (tertiary/aromatic N) is 2. The quantitative estimate of drug-likeness (QED) is 0.849. The molecule has 0 aliphatic carbocycles. The van der Waals surface area contributed by atoms with Crippen LogP contribution in [0.15, 0.2) is 24.5 Å². The zero-order valence-electron chi connectivity index (χ0n) is 10.2. The van der Waals surface area contributed by atoms with Crippen LogP contribution in [0.1, 0.15) is 18.9 Å². The lowest BCUT2D eigenvalue weighted by molar-refractivity contribution is -0.0896. The Morgan fingerprint density at radius 3 is 3.00 bits per heavy atom. The summed E-state index contributed by atoms with van der Waals surface area (Å²) in [7, 11) is 0. The van der Waals surface area contributed by atoms with Crippen molar-refractivity contribution in [2.45, 2.75) is 32.1 Å². The van der Waals surface area contributed by atoms with Crippen molar-refractivity contribution in [1.29, 1.82) is 0 Å². The lowest BCUT2D eigenvalue weighted by atomic mass is 10.1. The molecule has 17 heavy (non-hydrogen) atoms. The predicted octanol–water partition coefficient (Wildman–Crippen LogP) is 1.05. The second-order valence-corrected chi connectivity index (χ2v) is 4.55. The fraction of sp³-hybridized carbons (Fsp3) is 0.615. The van der Waals surface area contributed by atoms with Gasteiger partial charge in [-0.05, 0) is 37.5 Å². The van der Waals surface area contributed by atoms with E-state index in [-0.39, 0.29) is 12.3 Å². The van der Waals surface area contributed by atoms with E-state index in [1.807, 2.05) is 19.1 Å². The van der Waals surface area contributed by atoms with Crippen LogP contribution in [0.4, 0.5) is 0 Å². The van der Waals surface area contributed by atoms with E-state index in [0.29, 0.717) is 6.61 Å². The third-order valence-corrected chi connectivity index (χ3v) is 3.13. The highest BCUT2D eigenvalue weighted by atomic mass is 16.5. The molecule has 0 saturated carbocycles. The van der Waals surface area contributed by atoms with Crippen LogP contribution in [-0.4, -0.2) is 47.0 Å². The number of aryl methyl sites for hydroxylation is 1. The average Bonchev–Trinajstić information content (AvgIpc) is 2.37. The number of aliphatic hydroxyl groups excluding tert-OH is 1. The molecule has 0 spiro atoms. The van der Waals surface area contributed by atoms with Gasteiger partial charge in [-0.2, -0.15) is 0 Å². The monoisotopic (exact) mass is 236 g/mol. The zero-order chi connectivity index (χ0) is 12.1. The van der Waals surface area contributed by atoms with E-state index in [9.17, 15) is 5.11 Å². The van der Waals surface area contributed by atoms with Gasteiger partial charge in [0.05, 0.1) is 12.7 Å². The Morgan fingerprint density at radius 2 is 2.29 bits per heavy atom. The Kier molecular flexibility index (Phi) is 4.48. The minimum atomic E-state index is -0.366. The van der Waals surface area contributed by atoms with E-state index in [1.165, 1.54) is 5.56 Å². The van der Waals surface area contributed by atoms with Crippen LogP contribution in [0.25, 0.3) is 0 Å². The molecule has 0 bridgehead atoms. The van der Waals surface area contributed by atoms with Crippen molar-refractivity contribution in [2.75, 3.05) is 19.7 Å². The number of aliphatic hydroxyl groups is 1. The Labute approximate surface area is 102 Å². The SMILES string of the molecule is CC1CN(C(O)CCc2ccncc2)CCO1. The second kappa shape index (κ2) is 6.10. The van der Waals surface area contributed by atoms with E-state index < -0.39 is 0 Å². The van der Waals surface area contributed by atoms with Gasteiger partial charge in [0.25, 0.3) is 0 Å². The van der Waals surface area contributed by atoms with Crippen molar-refractivity contribution >= 4 is 0 Å². The number of hydrogen-bond donors (Lipinski definition) is 1. The summed E-state index contributed by atoms with van der Waals surface area (Å²) in [5.74, 6) is 0. The summed E-state index contributed by atoms with van der Waals surface area (Å²) in [6.07, 6.45) is 5.08. The molecule has 1 aliphatic heterocycles. The van der Waals surface area contributed by atoms with Crippen molar-refractivity contribution in [3.63, 3.8) is 0 Å². The van der Waals surface area contributed by atoms with Gasteiger partial charge in [-0.25, -0.2) is 0 Å². The first-order chi connectivity index (χ1) is 8.25. The molecule has 0 radical (unpaired) electrons. The number of ether oxygens (including phenoxy) is 1. The van der Waals surface area contributed by atoms with Gasteiger partial charge >= 0.3 is 0 Å². The average molecular weight is 236 g/mol. The Bertz CT molecular complexity index is 331. The molecule has 1 aromatic heterocycles. The van der Waals surface area contributed by atoms with Crippen molar-refractivity contribution in [2.24, 2.45) is 0 Å². The summed E-state index contributed by atoms with van der Waals surface area (Å²) in [6.45, 7) is 4.40. The Morgan fingerprint density at radius 1 is 1.53 bits per heavy atom. The molecule has 1 saturated heterocycles. The van der Waals surface area contributed by atoms with Crippen molar-refractivity contribution in [1.82, 2.24) is 9.88 Å². The molecular formula is C13H20N2O2. The summed E-state index contributed by atoms with van der Waals surface area (Å²) in [6, 6.07) is 3.99. The molecule has 1 aromatic rings. The molecule has 2 unspecified atom stereocenters. The highest BCUT2D eigenvalue weighted by Gasteiger charge is 2.22. The fourth-order valence-electron chi connectivity index (χ4n) is 2.14. The van der Waals surface area contributed by atoms with E-state index in [2.05, 4.69) is 9.88 Å². The molecule has 4 nitrogen and oxygen atoms in total. The number of rotatable bonds is 4. The fourth-order valence-corrected chi connectivity index (χ4v) is 2.14. The molecule has 2 atom stereocenters. The maximum Gasteiger partial charge on any atom is 0.107 e. The van der Waals surface area contributed by atoms with E-state index in [4.69, 9.17) is 4.74 Å². The van der Waals surface area contributed by atoms with Crippen LogP contribution in [0, 0.1) is 0 Å². The van der Waals surface area contributed by atoms with Gasteiger partial charge < -0.3 is 9.84 Å². The van der Waals surface area contributed by atoms with Crippen molar-refractivity contribution in [3.8, 4) is 0 Å². The molecule has 94 valence electrons. The molecule has 1 fully saturated rings. The van der Waals surface area contributed by atoms with E-state index in [1.54, 1.807) is 12.4 Å². The van der Waals surface area contributed by atoms with Crippen molar-refractivity contribution in [3.05, 3.63) is 30.1 Å². The van der Waals surface area contributed by atoms with Crippen LogP contribution in [0.2, 0.25) is 0 Å². The van der Waals surface area contributed by atoms with Gasteiger partial charge in [0.15, 0.2) is 0 Å². The molecule has 0 aromatic carbocycles. The first-order valence-corrected chi connectivity index (χ1v) is 6.18. The normalized spacial score (nSPS) is 23.5. The largest absolute Gasteiger partial charge is 0.378 e. The van der Waals surface area contributed by atoms with Crippen LogP contribution in [-0.2, 0) is 11.2 Å². The molecule has 1 N–H and O–H groups in total. The molecule has 0 amide bonds. The molecule has 1 aliphatic rings. The zero-order valence-corrected chi connectivity index (χ0v) is 10.2.